The molecule has 23 heavy (non-hydrogen) atoms. The maximum absolute atomic E-state index is 11.7. The monoisotopic (exact) mass is 334 g/mol. The summed E-state index contributed by atoms with van der Waals surface area (Å²) in [6.45, 7) is 0.495. The van der Waals surface area contributed by atoms with Gasteiger partial charge in [0.25, 0.3) is 0 Å². The number of urea groups is 1. The Balaban J connectivity index is 4.44. The summed E-state index contributed by atoms with van der Waals surface area (Å²) >= 11 is 0. The van der Waals surface area contributed by atoms with Crippen LogP contribution in [0.2, 0.25) is 0 Å². The van der Waals surface area contributed by atoms with Gasteiger partial charge in [0.15, 0.2) is 0 Å². The van der Waals surface area contributed by atoms with Crippen LogP contribution in [0.15, 0.2) is 0 Å². The minimum absolute atomic E-state index is 0.150. The van der Waals surface area contributed by atoms with E-state index in [1.807, 2.05) is 0 Å². The lowest BCUT2D eigenvalue weighted by atomic mass is 10.1. The second-order valence-corrected chi connectivity index (χ2v) is 4.78. The van der Waals surface area contributed by atoms with E-state index in [1.165, 1.54) is 0 Å². The molecule has 8 N–H and O–H groups in total. The Kier molecular flexibility index (Phi) is 10.0. The number of amides is 2. The predicted octanol–water partition coefficient (Wildman–Crippen LogP) is -1.31. The third kappa shape index (κ3) is 10.0. The normalized spacial score (nSPS) is 12.9. The highest BCUT2D eigenvalue weighted by molar-refractivity contribution is 5.86. The first-order chi connectivity index (χ1) is 10.8. The summed E-state index contributed by atoms with van der Waals surface area (Å²) in [7, 11) is 0. The largest absolute Gasteiger partial charge is 0.481 e. The molecule has 0 fully saturated rings. The minimum Gasteiger partial charge on any atom is -0.481 e. The Morgan fingerprint density at radius 3 is 1.83 bits per heavy atom. The van der Waals surface area contributed by atoms with Crippen molar-refractivity contribution in [3.8, 4) is 0 Å². The van der Waals surface area contributed by atoms with Gasteiger partial charge in [-0.05, 0) is 25.7 Å². The molecule has 0 aromatic rings. The summed E-state index contributed by atoms with van der Waals surface area (Å²) in [6, 6.07) is -3.57. The molecule has 2 amide bonds. The van der Waals surface area contributed by atoms with E-state index < -0.39 is 42.4 Å². The molecule has 0 aliphatic heterocycles. The van der Waals surface area contributed by atoms with Gasteiger partial charge in [0.1, 0.15) is 12.1 Å². The van der Waals surface area contributed by atoms with E-state index in [0.717, 1.165) is 0 Å². The number of carboxylic acid groups (broad SMARTS) is 3. The van der Waals surface area contributed by atoms with Crippen LogP contribution in [0.3, 0.4) is 0 Å². The molecule has 0 aliphatic rings. The van der Waals surface area contributed by atoms with Crippen molar-refractivity contribution in [2.24, 2.45) is 5.84 Å². The summed E-state index contributed by atoms with van der Waals surface area (Å²) in [4.78, 5) is 44.1. The first kappa shape index (κ1) is 20.6. The summed E-state index contributed by atoms with van der Waals surface area (Å²) in [5.74, 6) is 1.22. The van der Waals surface area contributed by atoms with Crippen LogP contribution in [0, 0.1) is 0 Å². The lowest BCUT2D eigenvalue weighted by Gasteiger charge is -2.18. The highest BCUT2D eigenvalue weighted by Crippen LogP contribution is 2.02. The van der Waals surface area contributed by atoms with Gasteiger partial charge >= 0.3 is 23.9 Å². The Morgan fingerprint density at radius 2 is 1.39 bits per heavy atom. The summed E-state index contributed by atoms with van der Waals surface area (Å²) in [5.41, 5.74) is 2.41. The molecular formula is C12H22N4O7. The van der Waals surface area contributed by atoms with E-state index in [9.17, 15) is 19.2 Å². The van der Waals surface area contributed by atoms with E-state index in [1.54, 1.807) is 0 Å². The van der Waals surface area contributed by atoms with Gasteiger partial charge in [-0.15, -0.1) is 0 Å². The smallest absolute Gasteiger partial charge is 0.326 e. The molecule has 0 saturated carbocycles. The second kappa shape index (κ2) is 11.2. The number of carboxylic acids is 3. The van der Waals surface area contributed by atoms with E-state index in [4.69, 9.17) is 21.2 Å². The van der Waals surface area contributed by atoms with Gasteiger partial charge < -0.3 is 26.0 Å². The van der Waals surface area contributed by atoms with Crippen LogP contribution in [-0.2, 0) is 14.4 Å². The van der Waals surface area contributed by atoms with Crippen LogP contribution in [-0.4, -0.2) is 57.9 Å². The predicted molar refractivity (Wildman–Crippen MR) is 77.4 cm³/mol. The van der Waals surface area contributed by atoms with Crippen molar-refractivity contribution < 1.29 is 34.5 Å². The number of nitrogens with one attached hydrogen (secondary N) is 3. The minimum atomic E-state index is -1.41. The van der Waals surface area contributed by atoms with Gasteiger partial charge in [-0.2, -0.15) is 0 Å². The van der Waals surface area contributed by atoms with Crippen molar-refractivity contribution in [1.29, 1.82) is 0 Å². The molecular weight excluding hydrogens is 312 g/mol. The molecule has 2 atom stereocenters. The van der Waals surface area contributed by atoms with E-state index in [-0.39, 0.29) is 12.8 Å². The van der Waals surface area contributed by atoms with Crippen molar-refractivity contribution in [3.05, 3.63) is 0 Å². The van der Waals surface area contributed by atoms with Crippen molar-refractivity contribution in [2.75, 3.05) is 6.54 Å². The fourth-order valence-corrected chi connectivity index (χ4v) is 1.72. The van der Waals surface area contributed by atoms with Crippen molar-refractivity contribution in [1.82, 2.24) is 16.1 Å². The third-order valence-corrected chi connectivity index (χ3v) is 2.92. The maximum atomic E-state index is 11.7. The number of carbonyl (C=O) groups excluding carboxylic acids is 1. The average molecular weight is 334 g/mol. The van der Waals surface area contributed by atoms with Gasteiger partial charge in [-0.25, -0.2) is 14.4 Å². The van der Waals surface area contributed by atoms with Crippen molar-refractivity contribution in [2.45, 2.75) is 44.2 Å². The number of hydrogen-bond acceptors (Lipinski definition) is 6. The van der Waals surface area contributed by atoms with E-state index in [0.29, 0.717) is 19.4 Å². The molecule has 132 valence electrons. The molecule has 0 heterocycles. The molecule has 0 unspecified atom stereocenters. The maximum Gasteiger partial charge on any atom is 0.326 e. The Labute approximate surface area is 132 Å². The second-order valence-electron chi connectivity index (χ2n) is 4.78. The lowest BCUT2D eigenvalue weighted by Crippen LogP contribution is -2.51. The van der Waals surface area contributed by atoms with Gasteiger partial charge in [0.05, 0.1) is 0 Å². The molecule has 0 aromatic heterocycles. The Morgan fingerprint density at radius 1 is 0.870 bits per heavy atom. The Bertz CT molecular complexity index is 430. The zero-order valence-electron chi connectivity index (χ0n) is 12.4. The quantitative estimate of drug-likeness (QED) is 0.129. The standard InChI is InChI=1S/C12H22N4O7/c13-14-6-2-1-3-7(10(19)20)15-12(23)16-8(11(21)22)4-5-9(17)18/h7-8,14H,1-6,13H2,(H,17,18)(H,19,20)(H,21,22)(H2,15,16,23)/t7-,8-/m1/s1. The van der Waals surface area contributed by atoms with Crippen LogP contribution < -0.4 is 21.9 Å². The molecule has 0 saturated heterocycles. The van der Waals surface area contributed by atoms with Crippen LogP contribution in [0.1, 0.15) is 32.1 Å². The van der Waals surface area contributed by atoms with Gasteiger partial charge in [-0.3, -0.25) is 16.1 Å². The number of hydrazine groups is 1. The van der Waals surface area contributed by atoms with E-state index >= 15 is 0 Å². The molecule has 0 rings (SSSR count). The molecule has 0 aromatic carbocycles. The summed E-state index contributed by atoms with van der Waals surface area (Å²) < 4.78 is 0. The van der Waals surface area contributed by atoms with Crippen LogP contribution in [0.25, 0.3) is 0 Å². The number of unbranched alkanes of at least 4 members (excludes halogenated alkanes) is 1. The summed E-state index contributed by atoms with van der Waals surface area (Å²) in [5, 5.41) is 30.7. The topological polar surface area (TPSA) is 191 Å². The highest BCUT2D eigenvalue weighted by atomic mass is 16.4. The van der Waals surface area contributed by atoms with Gasteiger partial charge in [-0.1, -0.05) is 0 Å². The molecule has 11 heteroatoms. The van der Waals surface area contributed by atoms with Crippen molar-refractivity contribution >= 4 is 23.9 Å². The molecule has 0 radical (unpaired) electrons. The molecule has 0 bridgehead atoms. The number of aliphatic carboxylic acids is 3. The van der Waals surface area contributed by atoms with Gasteiger partial charge in [0, 0.05) is 13.0 Å². The summed E-state index contributed by atoms with van der Waals surface area (Å²) in [6.07, 6.45) is 0.504. The first-order valence-corrected chi connectivity index (χ1v) is 6.95. The number of nitrogens with two attached hydrogens (primary N) is 1. The van der Waals surface area contributed by atoms with Crippen LogP contribution in [0.5, 0.6) is 0 Å². The SMILES string of the molecule is NNCCCC[C@@H](NC(=O)N[C@H](CCC(=O)O)C(=O)O)C(=O)O. The zero-order chi connectivity index (χ0) is 17.8. The fraction of sp³-hybridized carbons (Fsp3) is 0.667. The highest BCUT2D eigenvalue weighted by Gasteiger charge is 2.24. The number of hydrogen-bond donors (Lipinski definition) is 7. The average Bonchev–Trinajstić information content (AvgIpc) is 2.45. The molecule has 11 nitrogen and oxygen atoms in total. The van der Waals surface area contributed by atoms with Gasteiger partial charge in [0.2, 0.25) is 0 Å². The third-order valence-electron chi connectivity index (χ3n) is 2.92. The number of rotatable bonds is 12. The van der Waals surface area contributed by atoms with Crippen LogP contribution in [0.4, 0.5) is 4.79 Å². The first-order valence-electron chi connectivity index (χ1n) is 6.95. The number of carbonyl (C=O) groups is 4. The van der Waals surface area contributed by atoms with Crippen molar-refractivity contribution in [3.63, 3.8) is 0 Å². The molecule has 0 spiro atoms. The van der Waals surface area contributed by atoms with E-state index in [2.05, 4.69) is 16.1 Å². The molecule has 0 aliphatic carbocycles. The fourth-order valence-electron chi connectivity index (χ4n) is 1.72. The lowest BCUT2D eigenvalue weighted by molar-refractivity contribution is -0.140. The van der Waals surface area contributed by atoms with Crippen LogP contribution >= 0.6 is 0 Å². The zero-order valence-corrected chi connectivity index (χ0v) is 12.4. The Hall–Kier alpha value is -2.40.